The van der Waals surface area contributed by atoms with Gasteiger partial charge in [-0.2, -0.15) is 0 Å². The number of nitrogens with one attached hydrogen (secondary N) is 2. The number of amides is 1. The van der Waals surface area contributed by atoms with Crippen LogP contribution in [0.25, 0.3) is 0 Å². The summed E-state index contributed by atoms with van der Waals surface area (Å²) in [5.74, 6) is -0.269. The minimum Gasteiger partial charge on any atom is -0.465 e. The first kappa shape index (κ1) is 17.2. The molecule has 0 aliphatic rings. The number of rotatable bonds is 8. The molecule has 0 aromatic heterocycles. The molecule has 0 aliphatic carbocycles. The number of carbonyl (C=O) groups is 2. The van der Waals surface area contributed by atoms with E-state index in [-0.39, 0.29) is 17.9 Å². The molecule has 0 heterocycles. The van der Waals surface area contributed by atoms with Crippen molar-refractivity contribution in [3.8, 4) is 0 Å². The maximum atomic E-state index is 11.6. The fraction of sp³-hybridized carbons (Fsp3) is 0.500. The zero-order chi connectivity index (χ0) is 15.7. The zero-order valence-corrected chi connectivity index (χ0v) is 12.9. The summed E-state index contributed by atoms with van der Waals surface area (Å²) >= 11 is 0. The Bertz CT molecular complexity index is 457. The highest BCUT2D eigenvalue weighted by Crippen LogP contribution is 2.05. The van der Waals surface area contributed by atoms with E-state index in [9.17, 15) is 9.59 Å². The average Bonchev–Trinajstić information content (AvgIpc) is 2.51. The van der Waals surface area contributed by atoms with Crippen molar-refractivity contribution < 1.29 is 14.3 Å². The molecule has 1 aromatic carbocycles. The Labute approximate surface area is 126 Å². The summed E-state index contributed by atoms with van der Waals surface area (Å²) < 4.78 is 4.64. The van der Waals surface area contributed by atoms with Gasteiger partial charge >= 0.3 is 5.97 Å². The van der Waals surface area contributed by atoms with Gasteiger partial charge in [0.1, 0.15) is 0 Å². The molecule has 0 aliphatic heterocycles. The number of hydrogen-bond acceptors (Lipinski definition) is 4. The van der Waals surface area contributed by atoms with Crippen LogP contribution in [0, 0.1) is 0 Å². The summed E-state index contributed by atoms with van der Waals surface area (Å²) in [7, 11) is 1.36. The van der Waals surface area contributed by atoms with Crippen LogP contribution in [0.5, 0.6) is 0 Å². The van der Waals surface area contributed by atoms with Crippen LogP contribution in [0.2, 0.25) is 0 Å². The van der Waals surface area contributed by atoms with Gasteiger partial charge in [0.2, 0.25) is 5.91 Å². The van der Waals surface area contributed by atoms with Crippen LogP contribution in [0.1, 0.15) is 42.6 Å². The number of methoxy groups -OCH3 is 1. The molecule has 116 valence electrons. The highest BCUT2D eigenvalue weighted by Gasteiger charge is 2.06. The lowest BCUT2D eigenvalue weighted by Crippen LogP contribution is -2.33. The predicted octanol–water partition coefficient (Wildman–Crippen LogP) is 1.87. The molecule has 1 aromatic rings. The number of carbonyl (C=O) groups excluding carboxylic acids is 2. The third kappa shape index (κ3) is 6.40. The summed E-state index contributed by atoms with van der Waals surface area (Å²) in [4.78, 5) is 22.9. The van der Waals surface area contributed by atoms with E-state index in [1.54, 1.807) is 12.1 Å². The van der Waals surface area contributed by atoms with Gasteiger partial charge in [0.25, 0.3) is 0 Å². The third-order valence-corrected chi connectivity index (χ3v) is 3.25. The van der Waals surface area contributed by atoms with E-state index in [0.29, 0.717) is 25.1 Å². The fourth-order valence-corrected chi connectivity index (χ4v) is 1.76. The second-order valence-corrected chi connectivity index (χ2v) is 4.99. The van der Waals surface area contributed by atoms with Gasteiger partial charge < -0.3 is 15.4 Å². The van der Waals surface area contributed by atoms with Gasteiger partial charge in [-0.1, -0.05) is 19.1 Å². The molecule has 1 unspecified atom stereocenters. The molecule has 1 rings (SSSR count). The second-order valence-electron chi connectivity index (χ2n) is 4.99. The smallest absolute Gasteiger partial charge is 0.337 e. The van der Waals surface area contributed by atoms with E-state index in [2.05, 4.69) is 15.4 Å². The Morgan fingerprint density at radius 1 is 1.24 bits per heavy atom. The van der Waals surface area contributed by atoms with Crippen LogP contribution >= 0.6 is 0 Å². The van der Waals surface area contributed by atoms with Gasteiger partial charge in [-0.15, -0.1) is 0 Å². The van der Waals surface area contributed by atoms with Crippen molar-refractivity contribution in [1.29, 1.82) is 0 Å². The van der Waals surface area contributed by atoms with Gasteiger partial charge in [0.05, 0.1) is 12.7 Å². The van der Waals surface area contributed by atoms with Gasteiger partial charge in [-0.3, -0.25) is 4.79 Å². The minimum absolute atomic E-state index is 0.0675. The molecular weight excluding hydrogens is 268 g/mol. The van der Waals surface area contributed by atoms with Gasteiger partial charge in [0, 0.05) is 25.6 Å². The molecule has 0 bridgehead atoms. The Morgan fingerprint density at radius 3 is 2.48 bits per heavy atom. The number of ether oxygens (including phenoxy) is 1. The van der Waals surface area contributed by atoms with Crippen molar-refractivity contribution in [2.45, 2.75) is 39.3 Å². The Morgan fingerprint density at radius 2 is 1.90 bits per heavy atom. The minimum atomic E-state index is -0.337. The van der Waals surface area contributed by atoms with Crippen molar-refractivity contribution in [2.24, 2.45) is 0 Å². The quantitative estimate of drug-likeness (QED) is 0.567. The van der Waals surface area contributed by atoms with Crippen molar-refractivity contribution in [1.82, 2.24) is 10.6 Å². The fourth-order valence-electron chi connectivity index (χ4n) is 1.76. The second kappa shape index (κ2) is 9.13. The van der Waals surface area contributed by atoms with E-state index in [1.807, 2.05) is 26.0 Å². The normalized spacial score (nSPS) is 11.8. The molecule has 1 atom stereocenters. The first-order valence-electron chi connectivity index (χ1n) is 7.24. The van der Waals surface area contributed by atoms with Crippen LogP contribution < -0.4 is 10.6 Å². The third-order valence-electron chi connectivity index (χ3n) is 3.25. The predicted molar refractivity (Wildman–Crippen MR) is 82.0 cm³/mol. The molecule has 5 nitrogen and oxygen atoms in total. The topological polar surface area (TPSA) is 67.4 Å². The first-order chi connectivity index (χ1) is 10.1. The van der Waals surface area contributed by atoms with Crippen molar-refractivity contribution in [2.75, 3.05) is 13.7 Å². The molecule has 0 saturated heterocycles. The monoisotopic (exact) mass is 292 g/mol. The van der Waals surface area contributed by atoms with E-state index in [1.165, 1.54) is 7.11 Å². The largest absolute Gasteiger partial charge is 0.465 e. The van der Waals surface area contributed by atoms with Gasteiger partial charge in [-0.05, 0) is 31.0 Å². The average molecular weight is 292 g/mol. The number of esters is 1. The SMILES string of the molecule is CCC(C)NC(=O)CCNCc1ccc(C(=O)OC)cc1. The highest BCUT2D eigenvalue weighted by atomic mass is 16.5. The lowest BCUT2D eigenvalue weighted by Gasteiger charge is -2.11. The Hall–Kier alpha value is -1.88. The molecule has 1 amide bonds. The van der Waals surface area contributed by atoms with E-state index < -0.39 is 0 Å². The maximum absolute atomic E-state index is 11.6. The van der Waals surface area contributed by atoms with Crippen LogP contribution in [-0.2, 0) is 16.1 Å². The lowest BCUT2D eigenvalue weighted by molar-refractivity contribution is -0.121. The van der Waals surface area contributed by atoms with Crippen molar-refractivity contribution >= 4 is 11.9 Å². The molecule has 0 fully saturated rings. The van der Waals surface area contributed by atoms with Crippen molar-refractivity contribution in [3.63, 3.8) is 0 Å². The summed E-state index contributed by atoms with van der Waals surface area (Å²) in [6.07, 6.45) is 1.40. The molecular formula is C16H24N2O3. The zero-order valence-electron chi connectivity index (χ0n) is 12.9. The first-order valence-corrected chi connectivity index (χ1v) is 7.24. The van der Waals surface area contributed by atoms with Crippen LogP contribution in [0.4, 0.5) is 0 Å². The van der Waals surface area contributed by atoms with Crippen molar-refractivity contribution in [3.05, 3.63) is 35.4 Å². The Balaban J connectivity index is 2.27. The van der Waals surface area contributed by atoms with Gasteiger partial charge in [0.15, 0.2) is 0 Å². The summed E-state index contributed by atoms with van der Waals surface area (Å²) in [5.41, 5.74) is 1.60. The molecule has 0 radical (unpaired) electrons. The summed E-state index contributed by atoms with van der Waals surface area (Å²) in [6.45, 7) is 5.33. The Kier molecular flexibility index (Phi) is 7.46. The summed E-state index contributed by atoms with van der Waals surface area (Å²) in [5, 5.41) is 6.13. The van der Waals surface area contributed by atoms with E-state index >= 15 is 0 Å². The highest BCUT2D eigenvalue weighted by molar-refractivity contribution is 5.89. The molecule has 5 heteroatoms. The molecule has 0 saturated carbocycles. The molecule has 0 spiro atoms. The molecule has 2 N–H and O–H groups in total. The van der Waals surface area contributed by atoms with Gasteiger partial charge in [-0.25, -0.2) is 4.79 Å². The van der Waals surface area contributed by atoms with Crippen LogP contribution in [0.3, 0.4) is 0 Å². The van der Waals surface area contributed by atoms with Crippen LogP contribution in [0.15, 0.2) is 24.3 Å². The van der Waals surface area contributed by atoms with Crippen LogP contribution in [-0.4, -0.2) is 31.6 Å². The number of benzene rings is 1. The molecule has 21 heavy (non-hydrogen) atoms. The van der Waals surface area contributed by atoms with E-state index in [0.717, 1.165) is 12.0 Å². The lowest BCUT2D eigenvalue weighted by atomic mass is 10.1. The van der Waals surface area contributed by atoms with E-state index in [4.69, 9.17) is 0 Å². The summed E-state index contributed by atoms with van der Waals surface area (Å²) in [6, 6.07) is 7.44. The standard InChI is InChI=1S/C16H24N2O3/c1-4-12(2)18-15(19)9-10-17-11-13-5-7-14(8-6-13)16(20)21-3/h5-8,12,17H,4,9-11H2,1-3H3,(H,18,19). The number of hydrogen-bond donors (Lipinski definition) is 2. The maximum Gasteiger partial charge on any atom is 0.337 e.